The van der Waals surface area contributed by atoms with Crippen LogP contribution in [0, 0.1) is 0 Å². The number of anilines is 1. The number of rotatable bonds is 7. The molecule has 0 fully saturated rings. The number of aromatic amines is 1. The number of methoxy groups -OCH3 is 1. The number of nitrogens with zero attached hydrogens (tertiary/aromatic N) is 1. The first-order chi connectivity index (χ1) is 17.4. The number of esters is 1. The monoisotopic (exact) mass is 504 g/mol. The molecule has 0 unspecified atom stereocenters. The predicted octanol–water partition coefficient (Wildman–Crippen LogP) is 4.36. The lowest BCUT2D eigenvalue weighted by Crippen LogP contribution is -2.35. The topological polar surface area (TPSA) is 106 Å². The third-order valence-electron chi connectivity index (χ3n) is 6.26. The SMILES string of the molecule is COc1ccc(C(=O)OCC(=O)c2c[nH]c3ccccc23)cc1S(=O)(=O)N1CCCc2ccccc21. The van der Waals surface area contributed by atoms with Crippen molar-refractivity contribution in [2.45, 2.75) is 17.7 Å². The Kier molecular flexibility index (Phi) is 6.24. The van der Waals surface area contributed by atoms with Crippen LogP contribution in [-0.4, -0.2) is 45.4 Å². The van der Waals surface area contributed by atoms with Crippen molar-refractivity contribution in [1.82, 2.24) is 4.98 Å². The third kappa shape index (κ3) is 4.22. The van der Waals surface area contributed by atoms with E-state index in [1.54, 1.807) is 24.4 Å². The first kappa shape index (κ1) is 23.6. The van der Waals surface area contributed by atoms with E-state index in [1.807, 2.05) is 30.3 Å². The van der Waals surface area contributed by atoms with Gasteiger partial charge in [-0.1, -0.05) is 36.4 Å². The molecule has 1 aliphatic rings. The van der Waals surface area contributed by atoms with Crippen LogP contribution in [0.3, 0.4) is 0 Å². The van der Waals surface area contributed by atoms with Gasteiger partial charge in [-0.2, -0.15) is 0 Å². The molecule has 0 saturated heterocycles. The van der Waals surface area contributed by atoms with Gasteiger partial charge in [0, 0.05) is 29.2 Å². The number of carbonyl (C=O) groups excluding carboxylic acids is 2. The molecule has 0 amide bonds. The van der Waals surface area contributed by atoms with Crippen LogP contribution in [0.5, 0.6) is 5.75 Å². The van der Waals surface area contributed by atoms with Gasteiger partial charge >= 0.3 is 5.97 Å². The van der Waals surface area contributed by atoms with E-state index in [0.29, 0.717) is 24.2 Å². The summed E-state index contributed by atoms with van der Waals surface area (Å²) in [4.78, 5) is 28.4. The molecule has 0 saturated carbocycles. The molecule has 8 nitrogen and oxygen atoms in total. The van der Waals surface area contributed by atoms with Gasteiger partial charge in [-0.3, -0.25) is 9.10 Å². The van der Waals surface area contributed by atoms with E-state index >= 15 is 0 Å². The van der Waals surface area contributed by atoms with Gasteiger partial charge in [-0.15, -0.1) is 0 Å². The third-order valence-corrected chi connectivity index (χ3v) is 8.09. The molecule has 9 heteroatoms. The Balaban J connectivity index is 1.40. The lowest BCUT2D eigenvalue weighted by molar-refractivity contribution is 0.0475. The fourth-order valence-corrected chi connectivity index (χ4v) is 6.19. The number of carbonyl (C=O) groups is 2. The number of para-hydroxylation sites is 2. The van der Waals surface area contributed by atoms with E-state index in [-0.39, 0.29) is 22.0 Å². The average molecular weight is 505 g/mol. The van der Waals surface area contributed by atoms with Crippen LogP contribution in [0.2, 0.25) is 0 Å². The molecular weight excluding hydrogens is 480 g/mol. The van der Waals surface area contributed by atoms with Gasteiger partial charge in [-0.05, 0) is 48.7 Å². The minimum atomic E-state index is -4.04. The Labute approximate surface area is 208 Å². The van der Waals surface area contributed by atoms with Crippen molar-refractivity contribution < 1.29 is 27.5 Å². The van der Waals surface area contributed by atoms with Crippen molar-refractivity contribution in [3.8, 4) is 5.75 Å². The Bertz CT molecular complexity index is 1570. The van der Waals surface area contributed by atoms with E-state index < -0.39 is 22.6 Å². The van der Waals surface area contributed by atoms with E-state index in [9.17, 15) is 18.0 Å². The van der Waals surface area contributed by atoms with Crippen LogP contribution >= 0.6 is 0 Å². The number of ketones is 1. The zero-order chi connectivity index (χ0) is 25.3. The molecule has 4 aromatic rings. The molecule has 0 bridgehead atoms. The molecule has 2 heterocycles. The predicted molar refractivity (Wildman–Crippen MR) is 135 cm³/mol. The van der Waals surface area contributed by atoms with Crippen molar-refractivity contribution in [3.05, 3.63) is 89.6 Å². The summed E-state index contributed by atoms with van der Waals surface area (Å²) in [5.74, 6) is -1.06. The molecule has 0 atom stereocenters. The number of aryl methyl sites for hydroxylation is 1. The number of H-pyrrole nitrogens is 1. The van der Waals surface area contributed by atoms with Gasteiger partial charge in [0.1, 0.15) is 10.6 Å². The summed E-state index contributed by atoms with van der Waals surface area (Å²) in [6.45, 7) is -0.162. The molecule has 3 aromatic carbocycles. The standard InChI is InChI=1S/C27H24N2O6S/c1-34-25-13-12-19(27(31)35-17-24(30)21-16-28-22-10-4-3-9-20(21)22)15-26(25)36(32,33)29-14-6-8-18-7-2-5-11-23(18)29/h2-5,7,9-13,15-16,28H,6,8,14,17H2,1H3. The summed E-state index contributed by atoms with van der Waals surface area (Å²) >= 11 is 0. The minimum absolute atomic E-state index is 0.00592. The number of ether oxygens (including phenoxy) is 2. The fourth-order valence-electron chi connectivity index (χ4n) is 4.47. The van der Waals surface area contributed by atoms with Crippen LogP contribution in [0.25, 0.3) is 10.9 Å². The number of hydrogen-bond acceptors (Lipinski definition) is 6. The summed E-state index contributed by atoms with van der Waals surface area (Å²) in [5.41, 5.74) is 2.78. The van der Waals surface area contributed by atoms with Crippen LogP contribution in [-0.2, 0) is 21.2 Å². The van der Waals surface area contributed by atoms with E-state index in [2.05, 4.69) is 4.98 Å². The molecule has 36 heavy (non-hydrogen) atoms. The normalized spacial score (nSPS) is 13.3. The maximum absolute atomic E-state index is 13.7. The molecule has 1 aromatic heterocycles. The van der Waals surface area contributed by atoms with Crippen LogP contribution < -0.4 is 9.04 Å². The number of sulfonamides is 1. The quantitative estimate of drug-likeness (QED) is 0.296. The molecule has 1 N–H and O–H groups in total. The first-order valence-corrected chi connectivity index (χ1v) is 12.9. The van der Waals surface area contributed by atoms with E-state index in [4.69, 9.17) is 9.47 Å². The number of fused-ring (bicyclic) bond motifs is 2. The number of aromatic nitrogens is 1. The van der Waals surface area contributed by atoms with Crippen molar-refractivity contribution in [1.29, 1.82) is 0 Å². The number of nitrogens with one attached hydrogen (secondary N) is 1. The van der Waals surface area contributed by atoms with Gasteiger partial charge in [0.2, 0.25) is 5.78 Å². The van der Waals surface area contributed by atoms with Crippen LogP contribution in [0.15, 0.2) is 77.8 Å². The minimum Gasteiger partial charge on any atom is -0.495 e. The Hall–Kier alpha value is -4.11. The van der Waals surface area contributed by atoms with Gasteiger partial charge < -0.3 is 14.5 Å². The van der Waals surface area contributed by atoms with E-state index in [0.717, 1.165) is 22.9 Å². The van der Waals surface area contributed by atoms with Crippen molar-refractivity contribution >= 4 is 38.4 Å². The smallest absolute Gasteiger partial charge is 0.338 e. The lowest BCUT2D eigenvalue weighted by atomic mass is 10.0. The highest BCUT2D eigenvalue weighted by atomic mass is 32.2. The second-order valence-electron chi connectivity index (χ2n) is 8.42. The molecule has 0 radical (unpaired) electrons. The highest BCUT2D eigenvalue weighted by molar-refractivity contribution is 7.93. The number of hydrogen-bond donors (Lipinski definition) is 1. The molecule has 1 aliphatic heterocycles. The number of benzene rings is 3. The zero-order valence-electron chi connectivity index (χ0n) is 19.6. The Morgan fingerprint density at radius 1 is 1.03 bits per heavy atom. The summed E-state index contributed by atoms with van der Waals surface area (Å²) in [5, 5.41) is 0.734. The second-order valence-corrected chi connectivity index (χ2v) is 10.3. The maximum atomic E-state index is 13.7. The second kappa shape index (κ2) is 9.50. The molecule has 5 rings (SSSR count). The van der Waals surface area contributed by atoms with Gasteiger partial charge in [0.05, 0.1) is 18.4 Å². The zero-order valence-corrected chi connectivity index (χ0v) is 20.4. The van der Waals surface area contributed by atoms with Gasteiger partial charge in [0.15, 0.2) is 6.61 Å². The first-order valence-electron chi connectivity index (χ1n) is 11.5. The summed E-state index contributed by atoms with van der Waals surface area (Å²) in [7, 11) is -2.66. The van der Waals surface area contributed by atoms with Crippen LogP contribution in [0.4, 0.5) is 5.69 Å². The molecular formula is C27H24N2O6S. The molecule has 0 spiro atoms. The van der Waals surface area contributed by atoms with Crippen molar-refractivity contribution in [2.75, 3.05) is 24.6 Å². The molecule has 184 valence electrons. The van der Waals surface area contributed by atoms with Crippen molar-refractivity contribution in [2.24, 2.45) is 0 Å². The van der Waals surface area contributed by atoms with E-state index in [1.165, 1.54) is 29.6 Å². The Morgan fingerprint density at radius 3 is 2.64 bits per heavy atom. The maximum Gasteiger partial charge on any atom is 0.338 e. The van der Waals surface area contributed by atoms with Crippen molar-refractivity contribution in [3.63, 3.8) is 0 Å². The summed E-state index contributed by atoms with van der Waals surface area (Å²) in [6, 6.07) is 18.7. The largest absolute Gasteiger partial charge is 0.495 e. The fraction of sp³-hybridized carbons (Fsp3) is 0.185. The Morgan fingerprint density at radius 2 is 1.81 bits per heavy atom. The highest BCUT2D eigenvalue weighted by Gasteiger charge is 2.32. The summed E-state index contributed by atoms with van der Waals surface area (Å²) < 4.78 is 39.3. The van der Waals surface area contributed by atoms with Gasteiger partial charge in [-0.25, -0.2) is 13.2 Å². The molecule has 0 aliphatic carbocycles. The van der Waals surface area contributed by atoms with Gasteiger partial charge in [0.25, 0.3) is 10.0 Å². The lowest BCUT2D eigenvalue weighted by Gasteiger charge is -2.30. The highest BCUT2D eigenvalue weighted by Crippen LogP contribution is 2.35. The number of Topliss-reactive ketones (excluding diaryl/α,β-unsaturated/α-hetero) is 1. The average Bonchev–Trinajstić information content (AvgIpc) is 3.35. The van der Waals surface area contributed by atoms with Crippen LogP contribution in [0.1, 0.15) is 32.7 Å². The summed E-state index contributed by atoms with van der Waals surface area (Å²) in [6.07, 6.45) is 3.04.